The molecule has 0 radical (unpaired) electrons. The highest BCUT2D eigenvalue weighted by atomic mass is 35.5. The molecular weight excluding hydrogens is 368 g/mol. The van der Waals surface area contributed by atoms with Gasteiger partial charge >= 0.3 is 0 Å². The van der Waals surface area contributed by atoms with Crippen LogP contribution in [0.25, 0.3) is 0 Å². The second-order valence-corrected chi connectivity index (χ2v) is 6.69. The Kier molecular flexibility index (Phi) is 6.19. The third-order valence-electron chi connectivity index (χ3n) is 3.99. The Morgan fingerprint density at radius 1 is 1.07 bits per heavy atom. The normalized spacial score (nSPS) is 12.8. The van der Waals surface area contributed by atoms with Gasteiger partial charge in [0, 0.05) is 25.6 Å². The first-order valence-electron chi connectivity index (χ1n) is 8.72. The van der Waals surface area contributed by atoms with Gasteiger partial charge in [-0.2, -0.15) is 0 Å². The Balaban J connectivity index is 1.57. The summed E-state index contributed by atoms with van der Waals surface area (Å²) in [6, 6.07) is 10.8. The molecule has 6 nitrogen and oxygen atoms in total. The van der Waals surface area contributed by atoms with Gasteiger partial charge in [-0.1, -0.05) is 23.7 Å². The van der Waals surface area contributed by atoms with Crippen LogP contribution < -0.4 is 20.1 Å². The summed E-state index contributed by atoms with van der Waals surface area (Å²) in [5, 5.41) is 6.03. The molecule has 0 saturated heterocycles. The zero-order chi connectivity index (χ0) is 19.2. The van der Waals surface area contributed by atoms with Crippen LogP contribution in [0.4, 0.5) is 5.69 Å². The lowest BCUT2D eigenvalue weighted by Gasteiger charge is -2.12. The maximum Gasteiger partial charge on any atom is 0.224 e. The summed E-state index contributed by atoms with van der Waals surface area (Å²) in [5.41, 5.74) is 2.43. The Hall–Kier alpha value is -2.73. The van der Waals surface area contributed by atoms with Crippen molar-refractivity contribution in [2.45, 2.75) is 26.3 Å². The van der Waals surface area contributed by atoms with Gasteiger partial charge in [0.1, 0.15) is 0 Å². The molecule has 0 aromatic heterocycles. The SMILES string of the molecule is CC(=O)Nc1ccc(CNC(=O)Cc2cc(Cl)c3c(c2)OCCCO3)cc1. The average molecular weight is 389 g/mol. The average Bonchev–Trinajstić information content (AvgIpc) is 2.86. The quantitative estimate of drug-likeness (QED) is 0.823. The molecule has 0 aliphatic carbocycles. The van der Waals surface area contributed by atoms with E-state index in [0.29, 0.717) is 36.3 Å². The van der Waals surface area contributed by atoms with E-state index < -0.39 is 0 Å². The standard InChI is InChI=1S/C20H21ClN2O4/c1-13(24)23-16-5-3-14(4-6-16)12-22-19(25)11-15-9-17(21)20-18(10-15)26-7-2-8-27-20/h3-6,9-10H,2,7-8,11-12H2,1H3,(H,22,25)(H,23,24). The van der Waals surface area contributed by atoms with Crippen LogP contribution in [0.3, 0.4) is 0 Å². The molecular formula is C20H21ClN2O4. The zero-order valence-electron chi connectivity index (χ0n) is 15.0. The van der Waals surface area contributed by atoms with Gasteiger partial charge in [0.15, 0.2) is 11.5 Å². The van der Waals surface area contributed by atoms with E-state index >= 15 is 0 Å². The number of carbonyl (C=O) groups excluding carboxylic acids is 2. The van der Waals surface area contributed by atoms with Gasteiger partial charge in [0.05, 0.1) is 24.7 Å². The largest absolute Gasteiger partial charge is 0.489 e. The van der Waals surface area contributed by atoms with Crippen molar-refractivity contribution in [3.05, 3.63) is 52.5 Å². The van der Waals surface area contributed by atoms with Crippen molar-refractivity contribution in [1.29, 1.82) is 0 Å². The summed E-state index contributed by atoms with van der Waals surface area (Å²) < 4.78 is 11.2. The second kappa shape index (κ2) is 8.77. The fourth-order valence-electron chi connectivity index (χ4n) is 2.74. The Morgan fingerprint density at radius 3 is 2.56 bits per heavy atom. The Labute approximate surface area is 162 Å². The van der Waals surface area contributed by atoms with E-state index in [2.05, 4.69) is 10.6 Å². The summed E-state index contributed by atoms with van der Waals surface area (Å²) in [6.45, 7) is 2.98. The molecule has 0 saturated carbocycles. The first kappa shape index (κ1) is 19.0. The van der Waals surface area contributed by atoms with Gasteiger partial charge in [0.2, 0.25) is 11.8 Å². The predicted molar refractivity (Wildman–Crippen MR) is 103 cm³/mol. The van der Waals surface area contributed by atoms with E-state index in [4.69, 9.17) is 21.1 Å². The molecule has 2 amide bonds. The van der Waals surface area contributed by atoms with E-state index in [0.717, 1.165) is 23.2 Å². The molecule has 27 heavy (non-hydrogen) atoms. The fourth-order valence-corrected chi connectivity index (χ4v) is 3.03. The van der Waals surface area contributed by atoms with Crippen molar-refractivity contribution in [3.8, 4) is 11.5 Å². The minimum Gasteiger partial charge on any atom is -0.489 e. The molecule has 2 aromatic carbocycles. The first-order valence-corrected chi connectivity index (χ1v) is 9.10. The lowest BCUT2D eigenvalue weighted by atomic mass is 10.1. The van der Waals surface area contributed by atoms with E-state index in [9.17, 15) is 9.59 Å². The minimum atomic E-state index is -0.121. The van der Waals surface area contributed by atoms with Crippen LogP contribution in [0, 0.1) is 0 Å². The van der Waals surface area contributed by atoms with Gasteiger partial charge in [-0.3, -0.25) is 9.59 Å². The monoisotopic (exact) mass is 388 g/mol. The van der Waals surface area contributed by atoms with Gasteiger partial charge in [-0.15, -0.1) is 0 Å². The highest BCUT2D eigenvalue weighted by Crippen LogP contribution is 2.38. The van der Waals surface area contributed by atoms with Crippen LogP contribution in [0.2, 0.25) is 5.02 Å². The van der Waals surface area contributed by atoms with Crippen LogP contribution in [-0.2, 0) is 22.6 Å². The predicted octanol–water partition coefficient (Wildman–Crippen LogP) is 3.32. The number of hydrogen-bond acceptors (Lipinski definition) is 4. The second-order valence-electron chi connectivity index (χ2n) is 6.29. The molecule has 1 aliphatic heterocycles. The van der Waals surface area contributed by atoms with Gasteiger partial charge in [-0.25, -0.2) is 0 Å². The van der Waals surface area contributed by atoms with Gasteiger partial charge < -0.3 is 20.1 Å². The molecule has 3 rings (SSSR count). The highest BCUT2D eigenvalue weighted by Gasteiger charge is 2.16. The number of anilines is 1. The van der Waals surface area contributed by atoms with Crippen molar-refractivity contribution >= 4 is 29.1 Å². The van der Waals surface area contributed by atoms with Crippen molar-refractivity contribution in [1.82, 2.24) is 5.32 Å². The van der Waals surface area contributed by atoms with Crippen LogP contribution in [-0.4, -0.2) is 25.0 Å². The molecule has 1 heterocycles. The van der Waals surface area contributed by atoms with E-state index in [1.807, 2.05) is 12.1 Å². The van der Waals surface area contributed by atoms with Crippen LogP contribution in [0.5, 0.6) is 11.5 Å². The smallest absolute Gasteiger partial charge is 0.224 e. The third-order valence-corrected chi connectivity index (χ3v) is 4.27. The number of carbonyl (C=O) groups is 2. The van der Waals surface area contributed by atoms with Crippen molar-refractivity contribution in [2.24, 2.45) is 0 Å². The first-order chi connectivity index (χ1) is 13.0. The number of ether oxygens (including phenoxy) is 2. The molecule has 1 aliphatic rings. The molecule has 0 atom stereocenters. The Bertz CT molecular complexity index is 837. The van der Waals surface area contributed by atoms with Crippen LogP contribution in [0.1, 0.15) is 24.5 Å². The molecule has 0 bridgehead atoms. The van der Waals surface area contributed by atoms with E-state index in [1.54, 1.807) is 24.3 Å². The summed E-state index contributed by atoms with van der Waals surface area (Å²) >= 11 is 6.26. The van der Waals surface area contributed by atoms with E-state index in [1.165, 1.54) is 6.92 Å². The van der Waals surface area contributed by atoms with Crippen molar-refractivity contribution in [3.63, 3.8) is 0 Å². The minimum absolute atomic E-state index is 0.119. The topological polar surface area (TPSA) is 76.7 Å². The van der Waals surface area contributed by atoms with Gasteiger partial charge in [-0.05, 0) is 35.4 Å². The maximum absolute atomic E-state index is 12.3. The van der Waals surface area contributed by atoms with Crippen LogP contribution in [0.15, 0.2) is 36.4 Å². The number of nitrogens with one attached hydrogen (secondary N) is 2. The highest BCUT2D eigenvalue weighted by molar-refractivity contribution is 6.32. The molecule has 0 fully saturated rings. The molecule has 142 valence electrons. The lowest BCUT2D eigenvalue weighted by Crippen LogP contribution is -2.24. The third kappa shape index (κ3) is 5.37. The number of fused-ring (bicyclic) bond motifs is 1. The summed E-state index contributed by atoms with van der Waals surface area (Å²) in [7, 11) is 0. The number of amides is 2. The number of rotatable bonds is 5. The fraction of sp³-hybridized carbons (Fsp3) is 0.300. The molecule has 0 unspecified atom stereocenters. The summed E-state index contributed by atoms with van der Waals surface area (Å²) in [6.07, 6.45) is 0.988. The van der Waals surface area contributed by atoms with E-state index in [-0.39, 0.29) is 18.2 Å². The molecule has 2 N–H and O–H groups in total. The summed E-state index contributed by atoms with van der Waals surface area (Å²) in [4.78, 5) is 23.3. The molecule has 0 spiro atoms. The molecule has 2 aromatic rings. The van der Waals surface area contributed by atoms with Crippen LogP contribution >= 0.6 is 11.6 Å². The Morgan fingerprint density at radius 2 is 1.81 bits per heavy atom. The molecule has 7 heteroatoms. The van der Waals surface area contributed by atoms with Crippen molar-refractivity contribution in [2.75, 3.05) is 18.5 Å². The number of benzene rings is 2. The van der Waals surface area contributed by atoms with Gasteiger partial charge in [0.25, 0.3) is 0 Å². The maximum atomic E-state index is 12.3. The lowest BCUT2D eigenvalue weighted by molar-refractivity contribution is -0.120. The number of halogens is 1. The number of hydrogen-bond donors (Lipinski definition) is 2. The summed E-state index contributed by atoms with van der Waals surface area (Å²) in [5.74, 6) is 0.880. The zero-order valence-corrected chi connectivity index (χ0v) is 15.8. The van der Waals surface area contributed by atoms with Crippen molar-refractivity contribution < 1.29 is 19.1 Å².